The number of carbonyl (C=O) groups excluding carboxylic acids is 1. The fourth-order valence-corrected chi connectivity index (χ4v) is 3.74. The Kier molecular flexibility index (Phi) is 7.16. The Morgan fingerprint density at radius 1 is 1.37 bits per heavy atom. The van der Waals surface area contributed by atoms with Crippen molar-refractivity contribution in [1.82, 2.24) is 0 Å². The molecule has 6 nitrogen and oxygen atoms in total. The van der Waals surface area contributed by atoms with Gasteiger partial charge in [0.25, 0.3) is 0 Å². The molecule has 0 fully saturated rings. The van der Waals surface area contributed by atoms with Crippen LogP contribution < -0.4 is 15.4 Å². The summed E-state index contributed by atoms with van der Waals surface area (Å²) in [4.78, 5) is 13.7. The van der Waals surface area contributed by atoms with Crippen LogP contribution in [0.1, 0.15) is 40.2 Å². The van der Waals surface area contributed by atoms with Gasteiger partial charge in [0.2, 0.25) is 0 Å². The summed E-state index contributed by atoms with van der Waals surface area (Å²) in [6.07, 6.45) is 0. The normalized spacial score (nSPS) is 11.7. The second-order valence-corrected chi connectivity index (χ2v) is 6.96. The number of hydrogen-bond acceptors (Lipinski definition) is 6. The minimum atomic E-state index is -0.475. The molecule has 144 valence electrons. The summed E-state index contributed by atoms with van der Waals surface area (Å²) in [7, 11) is 1.42. The second kappa shape index (κ2) is 9.35. The average molecular weight is 392 g/mol. The standard InChI is InChI=1S/C19H22FN3O3S/c1-4-23(10-12-6-7-16(25-3)15(20)8-12)11-14-13(9-21)18(22)27-17(14)19(24)26-5-2/h6-8H,4-5,10-11,22H2,1-3H3/p+1. The molecule has 1 aromatic carbocycles. The van der Waals surface area contributed by atoms with Crippen LogP contribution in [0.2, 0.25) is 0 Å². The number of nitrogen functional groups attached to an aromatic ring is 1. The molecule has 0 aliphatic carbocycles. The van der Waals surface area contributed by atoms with Crippen molar-refractivity contribution < 1.29 is 23.6 Å². The van der Waals surface area contributed by atoms with E-state index >= 15 is 0 Å². The molecule has 0 amide bonds. The Bertz CT molecular complexity index is 861. The summed E-state index contributed by atoms with van der Waals surface area (Å²) in [6.45, 7) is 5.61. The van der Waals surface area contributed by atoms with Crippen LogP contribution >= 0.6 is 11.3 Å². The average Bonchev–Trinajstić information content (AvgIpc) is 2.96. The molecule has 1 heterocycles. The molecule has 0 saturated heterocycles. The molecular weight excluding hydrogens is 369 g/mol. The molecule has 0 saturated carbocycles. The van der Waals surface area contributed by atoms with Gasteiger partial charge >= 0.3 is 5.97 Å². The van der Waals surface area contributed by atoms with Gasteiger partial charge in [-0.25, -0.2) is 9.18 Å². The van der Waals surface area contributed by atoms with Gasteiger partial charge in [0.05, 0.1) is 31.4 Å². The van der Waals surface area contributed by atoms with Crippen LogP contribution in [-0.4, -0.2) is 26.2 Å². The van der Waals surface area contributed by atoms with Gasteiger partial charge in [0, 0.05) is 5.56 Å². The van der Waals surface area contributed by atoms with Crippen LogP contribution in [0.15, 0.2) is 18.2 Å². The van der Waals surface area contributed by atoms with Crippen molar-refractivity contribution in [2.75, 3.05) is 26.0 Å². The first-order chi connectivity index (χ1) is 12.9. The highest BCUT2D eigenvalue weighted by molar-refractivity contribution is 7.18. The zero-order valence-electron chi connectivity index (χ0n) is 15.6. The van der Waals surface area contributed by atoms with E-state index < -0.39 is 11.8 Å². The van der Waals surface area contributed by atoms with Gasteiger partial charge < -0.3 is 20.1 Å². The maximum Gasteiger partial charge on any atom is 0.348 e. The third-order valence-electron chi connectivity index (χ3n) is 4.20. The van der Waals surface area contributed by atoms with E-state index in [9.17, 15) is 14.4 Å². The number of carbonyl (C=O) groups is 1. The number of thiophene rings is 1. The van der Waals surface area contributed by atoms with Crippen LogP contribution in [0.4, 0.5) is 9.39 Å². The van der Waals surface area contributed by atoms with E-state index in [1.165, 1.54) is 13.2 Å². The number of nitrogens with one attached hydrogen (secondary N) is 1. The summed E-state index contributed by atoms with van der Waals surface area (Å²) in [5, 5.41) is 9.75. The Balaban J connectivity index is 2.29. The quantitative estimate of drug-likeness (QED) is 0.672. The zero-order chi connectivity index (χ0) is 20.0. The number of esters is 1. The fourth-order valence-electron chi connectivity index (χ4n) is 2.81. The molecule has 27 heavy (non-hydrogen) atoms. The van der Waals surface area contributed by atoms with E-state index in [0.29, 0.717) is 34.1 Å². The van der Waals surface area contributed by atoms with E-state index in [2.05, 4.69) is 6.07 Å². The highest BCUT2D eigenvalue weighted by Gasteiger charge is 2.26. The lowest BCUT2D eigenvalue weighted by Gasteiger charge is -2.18. The Morgan fingerprint density at radius 3 is 2.67 bits per heavy atom. The maximum absolute atomic E-state index is 14.0. The van der Waals surface area contributed by atoms with E-state index in [-0.39, 0.29) is 12.4 Å². The second-order valence-electron chi connectivity index (χ2n) is 5.91. The molecule has 0 spiro atoms. The largest absolute Gasteiger partial charge is 0.494 e. The van der Waals surface area contributed by atoms with Gasteiger partial charge in [-0.15, -0.1) is 11.3 Å². The van der Waals surface area contributed by atoms with E-state index in [4.69, 9.17) is 15.2 Å². The van der Waals surface area contributed by atoms with E-state index in [0.717, 1.165) is 28.3 Å². The Hall–Kier alpha value is -2.63. The van der Waals surface area contributed by atoms with Crippen LogP contribution in [0.3, 0.4) is 0 Å². The number of nitrogens with two attached hydrogens (primary N) is 1. The van der Waals surface area contributed by atoms with E-state index in [1.807, 2.05) is 6.92 Å². The SMILES string of the molecule is CCOC(=O)c1sc(N)c(C#N)c1C[NH+](CC)Cc1ccc(OC)c(F)c1. The highest BCUT2D eigenvalue weighted by atomic mass is 32.1. The molecule has 8 heteroatoms. The molecule has 0 radical (unpaired) electrons. The summed E-state index contributed by atoms with van der Waals surface area (Å²) >= 11 is 1.07. The molecule has 0 bridgehead atoms. The van der Waals surface area contributed by atoms with Crippen molar-refractivity contribution in [3.05, 3.63) is 45.6 Å². The van der Waals surface area contributed by atoms with Crippen molar-refractivity contribution in [3.8, 4) is 11.8 Å². The topological polar surface area (TPSA) is 89.8 Å². The molecule has 0 aliphatic rings. The molecule has 1 unspecified atom stereocenters. The van der Waals surface area contributed by atoms with Crippen LogP contribution in [0.25, 0.3) is 0 Å². The van der Waals surface area contributed by atoms with Gasteiger partial charge in [-0.1, -0.05) is 0 Å². The van der Waals surface area contributed by atoms with Crippen molar-refractivity contribution in [3.63, 3.8) is 0 Å². The maximum atomic E-state index is 14.0. The number of quaternary nitrogens is 1. The zero-order valence-corrected chi connectivity index (χ0v) is 16.4. The number of nitrogens with zero attached hydrogens (tertiary/aromatic N) is 1. The first-order valence-corrected chi connectivity index (χ1v) is 9.41. The molecule has 1 atom stereocenters. The first kappa shape index (κ1) is 20.7. The number of rotatable bonds is 8. The fraction of sp³-hybridized carbons (Fsp3) is 0.368. The first-order valence-electron chi connectivity index (χ1n) is 8.59. The number of anilines is 1. The summed E-state index contributed by atoms with van der Waals surface area (Å²) in [6, 6.07) is 6.92. The highest BCUT2D eigenvalue weighted by Crippen LogP contribution is 2.30. The molecule has 0 aliphatic heterocycles. The lowest BCUT2D eigenvalue weighted by atomic mass is 10.1. The third-order valence-corrected chi connectivity index (χ3v) is 5.25. The summed E-state index contributed by atoms with van der Waals surface area (Å²) in [5.41, 5.74) is 7.62. The Labute approximate surface area is 161 Å². The van der Waals surface area contributed by atoms with Gasteiger partial charge in [-0.3, -0.25) is 0 Å². The predicted molar refractivity (Wildman–Crippen MR) is 101 cm³/mol. The van der Waals surface area contributed by atoms with Gasteiger partial charge in [0.15, 0.2) is 11.6 Å². The lowest BCUT2D eigenvalue weighted by molar-refractivity contribution is -0.925. The van der Waals surface area contributed by atoms with Crippen molar-refractivity contribution in [2.45, 2.75) is 26.9 Å². The molecule has 3 N–H and O–H groups in total. The number of ether oxygens (including phenoxy) is 2. The smallest absolute Gasteiger partial charge is 0.348 e. The third kappa shape index (κ3) is 4.76. The molecule has 1 aromatic heterocycles. The van der Waals surface area contributed by atoms with Crippen molar-refractivity contribution in [2.24, 2.45) is 0 Å². The minimum Gasteiger partial charge on any atom is -0.494 e. The number of halogens is 1. The minimum absolute atomic E-state index is 0.193. The van der Waals surface area contributed by atoms with Crippen molar-refractivity contribution >= 4 is 22.3 Å². The Morgan fingerprint density at radius 2 is 2.11 bits per heavy atom. The molecule has 2 aromatic rings. The van der Waals surface area contributed by atoms with E-state index in [1.54, 1.807) is 19.1 Å². The van der Waals surface area contributed by atoms with Gasteiger partial charge in [0.1, 0.15) is 29.0 Å². The monoisotopic (exact) mass is 392 g/mol. The van der Waals surface area contributed by atoms with Gasteiger partial charge in [-0.05, 0) is 32.0 Å². The molecular formula is C19H23FN3O3S+. The van der Waals surface area contributed by atoms with Crippen LogP contribution in [0.5, 0.6) is 5.75 Å². The summed E-state index contributed by atoms with van der Waals surface area (Å²) < 4.78 is 24.0. The predicted octanol–water partition coefficient (Wildman–Crippen LogP) is 2.13. The van der Waals surface area contributed by atoms with Crippen LogP contribution in [0, 0.1) is 17.1 Å². The van der Waals surface area contributed by atoms with Crippen LogP contribution in [-0.2, 0) is 17.8 Å². The number of methoxy groups -OCH3 is 1. The molecule has 2 rings (SSSR count). The summed E-state index contributed by atoms with van der Waals surface area (Å²) in [5.74, 6) is -0.703. The number of hydrogen-bond donors (Lipinski definition) is 2. The van der Waals surface area contributed by atoms with Gasteiger partial charge in [-0.2, -0.15) is 5.26 Å². The number of nitriles is 1. The van der Waals surface area contributed by atoms with Crippen molar-refractivity contribution in [1.29, 1.82) is 5.26 Å². The lowest BCUT2D eigenvalue weighted by Crippen LogP contribution is -3.09. The number of benzene rings is 1.